The number of benzene rings is 2. The fourth-order valence-corrected chi connectivity index (χ4v) is 4.78. The van der Waals surface area contributed by atoms with Crippen molar-refractivity contribution >= 4 is 45.3 Å². The smallest absolute Gasteiger partial charge is 0.190 e. The molecule has 0 aliphatic rings. The van der Waals surface area contributed by atoms with Crippen molar-refractivity contribution < 1.29 is 0 Å². The third-order valence-corrected chi connectivity index (χ3v) is 6.48. The largest absolute Gasteiger partial charge is 0.215 e. The molecule has 0 aliphatic heterocycles. The molecule has 0 bridgehead atoms. The lowest BCUT2D eigenvalue weighted by molar-refractivity contribution is 0.796. The number of rotatable bonds is 5. The highest BCUT2D eigenvalue weighted by molar-refractivity contribution is 7.99. The van der Waals surface area contributed by atoms with Crippen molar-refractivity contribution in [1.82, 2.24) is 29.9 Å². The number of aromatic nitrogens is 6. The first-order chi connectivity index (χ1) is 15.2. The SMILES string of the molecule is CSc1nc(SC)c2c(C)n(-c3nnc(Cc4ccccc4)c4ccccc34)nc2n1. The van der Waals surface area contributed by atoms with Crippen molar-refractivity contribution in [3.8, 4) is 5.82 Å². The maximum absolute atomic E-state index is 4.80. The average Bonchev–Trinajstić information content (AvgIpc) is 3.15. The fourth-order valence-electron chi connectivity index (χ4n) is 3.74. The van der Waals surface area contributed by atoms with E-state index in [4.69, 9.17) is 5.10 Å². The van der Waals surface area contributed by atoms with Crippen LogP contribution in [-0.4, -0.2) is 42.5 Å². The van der Waals surface area contributed by atoms with E-state index >= 15 is 0 Å². The Kier molecular flexibility index (Phi) is 5.33. The van der Waals surface area contributed by atoms with E-state index in [1.807, 2.05) is 54.4 Å². The van der Waals surface area contributed by atoms with E-state index in [1.165, 1.54) is 17.3 Å². The Morgan fingerprint density at radius 1 is 0.839 bits per heavy atom. The molecule has 5 rings (SSSR count). The molecule has 0 N–H and O–H groups in total. The molecule has 5 aromatic rings. The Morgan fingerprint density at radius 3 is 2.32 bits per heavy atom. The summed E-state index contributed by atoms with van der Waals surface area (Å²) in [5.41, 5.74) is 3.80. The molecule has 6 nitrogen and oxygen atoms in total. The van der Waals surface area contributed by atoms with Crippen molar-refractivity contribution in [3.63, 3.8) is 0 Å². The van der Waals surface area contributed by atoms with Gasteiger partial charge in [-0.2, -0.15) is 5.10 Å². The minimum Gasteiger partial charge on any atom is -0.215 e. The van der Waals surface area contributed by atoms with Gasteiger partial charge in [0.15, 0.2) is 16.6 Å². The van der Waals surface area contributed by atoms with Crippen molar-refractivity contribution in [2.24, 2.45) is 0 Å². The van der Waals surface area contributed by atoms with Crippen LogP contribution in [0.3, 0.4) is 0 Å². The van der Waals surface area contributed by atoms with Crippen LogP contribution in [0, 0.1) is 6.92 Å². The van der Waals surface area contributed by atoms with E-state index in [2.05, 4.69) is 44.4 Å². The number of hydrogen-bond donors (Lipinski definition) is 0. The van der Waals surface area contributed by atoms with Gasteiger partial charge < -0.3 is 0 Å². The molecule has 2 aromatic carbocycles. The summed E-state index contributed by atoms with van der Waals surface area (Å²) >= 11 is 3.12. The summed E-state index contributed by atoms with van der Waals surface area (Å²) in [6.45, 7) is 2.03. The number of fused-ring (bicyclic) bond motifs is 2. The molecule has 0 radical (unpaired) electrons. The van der Waals surface area contributed by atoms with E-state index in [-0.39, 0.29) is 0 Å². The first-order valence-electron chi connectivity index (χ1n) is 9.83. The molecule has 3 aromatic heterocycles. The summed E-state index contributed by atoms with van der Waals surface area (Å²) in [6.07, 6.45) is 4.73. The summed E-state index contributed by atoms with van der Waals surface area (Å²) in [4.78, 5) is 9.28. The standard InChI is InChI=1S/C23H20N6S2/c1-14-19-20(24-23(31-3)25-22(19)30-2)28-29(14)21-17-12-8-7-11-16(17)18(26-27-21)13-15-9-5-4-6-10-15/h4-12H,13H2,1-3H3. The molecule has 8 heteroatoms. The Hall–Kier alpha value is -2.97. The van der Waals surface area contributed by atoms with Crippen molar-refractivity contribution in [2.45, 2.75) is 23.5 Å². The first kappa shape index (κ1) is 20.0. The zero-order chi connectivity index (χ0) is 21.4. The third kappa shape index (κ3) is 3.55. The normalized spacial score (nSPS) is 11.5. The Balaban J connectivity index is 1.70. The van der Waals surface area contributed by atoms with Gasteiger partial charge in [-0.15, -0.1) is 22.0 Å². The van der Waals surface area contributed by atoms with Crippen LogP contribution in [0.15, 0.2) is 64.8 Å². The molecule has 0 saturated carbocycles. The van der Waals surface area contributed by atoms with E-state index in [9.17, 15) is 0 Å². The second-order valence-electron chi connectivity index (χ2n) is 7.09. The minimum atomic E-state index is 0.681. The van der Waals surface area contributed by atoms with Gasteiger partial charge in [0.2, 0.25) is 0 Å². The topological polar surface area (TPSA) is 69.4 Å². The monoisotopic (exact) mass is 444 g/mol. The Morgan fingerprint density at radius 2 is 1.58 bits per heavy atom. The van der Waals surface area contributed by atoms with Crippen molar-refractivity contribution in [3.05, 3.63) is 71.5 Å². The van der Waals surface area contributed by atoms with Gasteiger partial charge in [-0.05, 0) is 25.0 Å². The number of aryl methyl sites for hydroxylation is 1. The number of hydrogen-bond acceptors (Lipinski definition) is 7. The molecule has 0 amide bonds. The second kappa shape index (κ2) is 8.28. The van der Waals surface area contributed by atoms with E-state index in [1.54, 1.807) is 11.8 Å². The summed E-state index contributed by atoms with van der Waals surface area (Å²) in [5, 5.41) is 18.7. The molecule has 0 aliphatic carbocycles. The molecule has 0 unspecified atom stereocenters. The maximum Gasteiger partial charge on any atom is 0.190 e. The highest BCUT2D eigenvalue weighted by Gasteiger charge is 2.19. The second-order valence-corrected chi connectivity index (χ2v) is 8.66. The van der Waals surface area contributed by atoms with E-state index in [0.717, 1.165) is 44.1 Å². The van der Waals surface area contributed by atoms with Crippen LogP contribution >= 0.6 is 23.5 Å². The van der Waals surface area contributed by atoms with Gasteiger partial charge in [-0.3, -0.25) is 0 Å². The average molecular weight is 445 g/mol. The first-order valence-corrected chi connectivity index (χ1v) is 12.3. The Bertz CT molecular complexity index is 1400. The highest BCUT2D eigenvalue weighted by atomic mass is 32.2. The summed E-state index contributed by atoms with van der Waals surface area (Å²) in [7, 11) is 0. The van der Waals surface area contributed by atoms with Crippen molar-refractivity contribution in [1.29, 1.82) is 0 Å². The van der Waals surface area contributed by atoms with Gasteiger partial charge in [0.25, 0.3) is 0 Å². The molecule has 3 heterocycles. The molecular weight excluding hydrogens is 424 g/mol. The van der Waals surface area contributed by atoms with Crippen LogP contribution in [0.25, 0.3) is 27.6 Å². The predicted octanol–water partition coefficient (Wildman–Crippen LogP) is 5.10. The predicted molar refractivity (Wildman–Crippen MR) is 127 cm³/mol. The van der Waals surface area contributed by atoms with E-state index in [0.29, 0.717) is 11.5 Å². The lowest BCUT2D eigenvalue weighted by Crippen LogP contribution is -2.07. The summed E-state index contributed by atoms with van der Waals surface area (Å²) < 4.78 is 1.85. The minimum absolute atomic E-state index is 0.681. The number of thioether (sulfide) groups is 2. The van der Waals surface area contributed by atoms with Crippen LogP contribution in [0.5, 0.6) is 0 Å². The zero-order valence-corrected chi connectivity index (χ0v) is 19.0. The fraction of sp³-hybridized carbons (Fsp3) is 0.174. The van der Waals surface area contributed by atoms with Crippen LogP contribution in [0.1, 0.15) is 17.0 Å². The van der Waals surface area contributed by atoms with Crippen molar-refractivity contribution in [2.75, 3.05) is 12.5 Å². The molecule has 154 valence electrons. The third-order valence-electron chi connectivity index (χ3n) is 5.25. The highest BCUT2D eigenvalue weighted by Crippen LogP contribution is 2.31. The Labute approximate surface area is 188 Å². The lowest BCUT2D eigenvalue weighted by atomic mass is 10.0. The van der Waals surface area contributed by atoms with Gasteiger partial charge in [0.05, 0.1) is 16.8 Å². The van der Waals surface area contributed by atoms with Crippen LogP contribution < -0.4 is 0 Å². The molecule has 31 heavy (non-hydrogen) atoms. The molecule has 0 fully saturated rings. The maximum atomic E-state index is 4.80. The van der Waals surface area contributed by atoms with Gasteiger partial charge in [-0.1, -0.05) is 66.4 Å². The zero-order valence-electron chi connectivity index (χ0n) is 17.4. The quantitative estimate of drug-likeness (QED) is 0.212. The van der Waals surface area contributed by atoms with Gasteiger partial charge in [0, 0.05) is 17.2 Å². The molecule has 0 spiro atoms. The number of nitrogens with zero attached hydrogens (tertiary/aromatic N) is 6. The summed E-state index contributed by atoms with van der Waals surface area (Å²) in [6, 6.07) is 18.6. The van der Waals surface area contributed by atoms with Crippen LogP contribution in [0.4, 0.5) is 0 Å². The van der Waals surface area contributed by atoms with Crippen LogP contribution in [0.2, 0.25) is 0 Å². The lowest BCUT2D eigenvalue weighted by Gasteiger charge is -2.10. The molecule has 0 saturated heterocycles. The summed E-state index contributed by atoms with van der Waals surface area (Å²) in [5.74, 6) is 0.709. The molecule has 0 atom stereocenters. The van der Waals surface area contributed by atoms with E-state index < -0.39 is 0 Å². The van der Waals surface area contributed by atoms with Gasteiger partial charge >= 0.3 is 0 Å². The van der Waals surface area contributed by atoms with Gasteiger partial charge in [0.1, 0.15) is 5.03 Å². The van der Waals surface area contributed by atoms with Gasteiger partial charge in [-0.25, -0.2) is 14.6 Å². The molecular formula is C23H20N6S2. The van der Waals surface area contributed by atoms with Crippen LogP contribution in [-0.2, 0) is 6.42 Å².